The van der Waals surface area contributed by atoms with Gasteiger partial charge in [0, 0.05) is 17.2 Å². The summed E-state index contributed by atoms with van der Waals surface area (Å²) in [5, 5.41) is 0. The number of sulfonamides is 1. The lowest BCUT2D eigenvalue weighted by Crippen LogP contribution is -2.38. The van der Waals surface area contributed by atoms with Crippen LogP contribution >= 0.6 is 15.9 Å². The minimum Gasteiger partial charge on any atom is -0.314 e. The molecule has 0 bridgehead atoms. The van der Waals surface area contributed by atoms with Gasteiger partial charge in [-0.25, -0.2) is 13.1 Å². The van der Waals surface area contributed by atoms with Crippen LogP contribution in [0.15, 0.2) is 64.0 Å². The second kappa shape index (κ2) is 7.04. The number of likely N-dealkylation sites (N-methyl/N-ethyl adjacent to an activating group) is 1. The number of hydrogen-bond acceptors (Lipinski definition) is 3. The Morgan fingerprint density at radius 2 is 1.68 bits per heavy atom. The highest BCUT2D eigenvalue weighted by Gasteiger charge is 2.17. The Labute approximate surface area is 138 Å². The third kappa shape index (κ3) is 4.16. The fraction of sp³-hybridized carbons (Fsp3) is 0.133. The molecule has 0 saturated heterocycles. The average molecular weight is 383 g/mol. The standard InChI is InChI=1S/C15H15BrN2O3S/c1-18(13-5-3-2-4-6-13)15(19)11-17-22(20,21)14-9-7-12(16)8-10-14/h2-10,17H,11H2,1H3. The summed E-state index contributed by atoms with van der Waals surface area (Å²) >= 11 is 3.24. The maximum absolute atomic E-state index is 12.1. The van der Waals surface area contributed by atoms with E-state index in [0.29, 0.717) is 5.69 Å². The van der Waals surface area contributed by atoms with Gasteiger partial charge in [-0.15, -0.1) is 0 Å². The van der Waals surface area contributed by atoms with Gasteiger partial charge in [0.25, 0.3) is 0 Å². The van der Waals surface area contributed by atoms with Crippen LogP contribution in [0.1, 0.15) is 0 Å². The molecule has 5 nitrogen and oxygen atoms in total. The van der Waals surface area contributed by atoms with Gasteiger partial charge in [0.2, 0.25) is 15.9 Å². The molecule has 2 aromatic carbocycles. The van der Waals surface area contributed by atoms with Crippen molar-refractivity contribution in [2.75, 3.05) is 18.5 Å². The van der Waals surface area contributed by atoms with Crippen LogP contribution < -0.4 is 9.62 Å². The topological polar surface area (TPSA) is 66.5 Å². The van der Waals surface area contributed by atoms with Crippen LogP contribution in [0, 0.1) is 0 Å². The van der Waals surface area contributed by atoms with Gasteiger partial charge >= 0.3 is 0 Å². The van der Waals surface area contributed by atoms with Crippen LogP contribution in [0.25, 0.3) is 0 Å². The predicted molar refractivity (Wildman–Crippen MR) is 89.2 cm³/mol. The van der Waals surface area contributed by atoms with Crippen LogP contribution in [0.3, 0.4) is 0 Å². The maximum Gasteiger partial charge on any atom is 0.241 e. The molecule has 1 amide bonds. The van der Waals surface area contributed by atoms with E-state index in [1.807, 2.05) is 18.2 Å². The molecule has 0 aliphatic carbocycles. The molecule has 0 heterocycles. The summed E-state index contributed by atoms with van der Waals surface area (Å²) in [5.41, 5.74) is 0.704. The Hall–Kier alpha value is -1.70. The minimum absolute atomic E-state index is 0.117. The number of hydrogen-bond donors (Lipinski definition) is 1. The van der Waals surface area contributed by atoms with E-state index in [2.05, 4.69) is 20.7 Å². The Bertz CT molecular complexity index is 746. The largest absolute Gasteiger partial charge is 0.314 e. The lowest BCUT2D eigenvalue weighted by molar-refractivity contribution is -0.117. The molecule has 22 heavy (non-hydrogen) atoms. The predicted octanol–water partition coefficient (Wildman–Crippen LogP) is 2.39. The number of anilines is 1. The third-order valence-corrected chi connectivity index (χ3v) is 5.00. The number of halogens is 1. The molecule has 0 aliphatic heterocycles. The first-order chi connectivity index (χ1) is 10.4. The van der Waals surface area contributed by atoms with E-state index in [0.717, 1.165) is 4.47 Å². The number of nitrogens with zero attached hydrogens (tertiary/aromatic N) is 1. The Morgan fingerprint density at radius 3 is 2.27 bits per heavy atom. The summed E-state index contributed by atoms with van der Waals surface area (Å²) in [5.74, 6) is -0.341. The fourth-order valence-corrected chi connectivity index (χ4v) is 3.01. The number of amides is 1. The first kappa shape index (κ1) is 16.7. The van der Waals surface area contributed by atoms with Crippen LogP contribution in [0.4, 0.5) is 5.69 Å². The van der Waals surface area contributed by atoms with Crippen molar-refractivity contribution in [3.63, 3.8) is 0 Å². The quantitative estimate of drug-likeness (QED) is 0.862. The summed E-state index contributed by atoms with van der Waals surface area (Å²) in [7, 11) is -2.10. The van der Waals surface area contributed by atoms with Crippen LogP contribution in [0.2, 0.25) is 0 Å². The number of rotatable bonds is 5. The summed E-state index contributed by atoms with van der Waals surface area (Å²) in [4.78, 5) is 13.6. The van der Waals surface area contributed by atoms with Crippen LogP contribution in [-0.2, 0) is 14.8 Å². The van der Waals surface area contributed by atoms with Crippen molar-refractivity contribution in [2.45, 2.75) is 4.90 Å². The number of benzene rings is 2. The van der Waals surface area contributed by atoms with Crippen molar-refractivity contribution in [2.24, 2.45) is 0 Å². The Balaban J connectivity index is 2.02. The summed E-state index contributed by atoms with van der Waals surface area (Å²) in [6, 6.07) is 15.2. The first-order valence-electron chi connectivity index (χ1n) is 6.47. The van der Waals surface area contributed by atoms with Gasteiger partial charge in [-0.3, -0.25) is 4.79 Å². The second-order valence-corrected chi connectivity index (χ2v) is 7.25. The van der Waals surface area contributed by atoms with Crippen molar-refractivity contribution in [3.05, 3.63) is 59.1 Å². The van der Waals surface area contributed by atoms with Crippen LogP contribution in [-0.4, -0.2) is 27.9 Å². The number of carbonyl (C=O) groups excluding carboxylic acids is 1. The van der Waals surface area contributed by atoms with E-state index in [4.69, 9.17) is 0 Å². The van der Waals surface area contributed by atoms with E-state index in [1.165, 1.54) is 17.0 Å². The highest BCUT2D eigenvalue weighted by Crippen LogP contribution is 2.15. The fourth-order valence-electron chi connectivity index (χ4n) is 1.77. The van der Waals surface area contributed by atoms with Gasteiger partial charge in [-0.1, -0.05) is 34.1 Å². The second-order valence-electron chi connectivity index (χ2n) is 4.57. The summed E-state index contributed by atoms with van der Waals surface area (Å²) in [6.45, 7) is -0.302. The number of nitrogens with one attached hydrogen (secondary N) is 1. The zero-order valence-electron chi connectivity index (χ0n) is 11.9. The summed E-state index contributed by atoms with van der Waals surface area (Å²) in [6.07, 6.45) is 0. The molecule has 0 spiro atoms. The van der Waals surface area contributed by atoms with Gasteiger partial charge in [-0.2, -0.15) is 0 Å². The molecule has 0 fully saturated rings. The molecule has 116 valence electrons. The lowest BCUT2D eigenvalue weighted by Gasteiger charge is -2.17. The third-order valence-electron chi connectivity index (χ3n) is 3.05. The van der Waals surface area contributed by atoms with Crippen molar-refractivity contribution in [1.82, 2.24) is 4.72 Å². The minimum atomic E-state index is -3.71. The molecule has 7 heteroatoms. The lowest BCUT2D eigenvalue weighted by atomic mass is 10.3. The molecule has 0 aromatic heterocycles. The Morgan fingerprint density at radius 1 is 1.09 bits per heavy atom. The molecule has 0 unspecified atom stereocenters. The molecule has 2 rings (SSSR count). The summed E-state index contributed by atoms with van der Waals surface area (Å²) < 4.78 is 27.3. The highest BCUT2D eigenvalue weighted by atomic mass is 79.9. The SMILES string of the molecule is CN(C(=O)CNS(=O)(=O)c1ccc(Br)cc1)c1ccccc1. The van der Waals surface area contributed by atoms with E-state index >= 15 is 0 Å². The van der Waals surface area contributed by atoms with E-state index in [-0.39, 0.29) is 17.3 Å². The van der Waals surface area contributed by atoms with Crippen molar-refractivity contribution in [3.8, 4) is 0 Å². The van der Waals surface area contributed by atoms with Gasteiger partial charge < -0.3 is 4.90 Å². The van der Waals surface area contributed by atoms with E-state index < -0.39 is 10.0 Å². The number of para-hydroxylation sites is 1. The first-order valence-corrected chi connectivity index (χ1v) is 8.74. The normalized spacial score (nSPS) is 11.2. The van der Waals surface area contributed by atoms with Gasteiger partial charge in [0.1, 0.15) is 0 Å². The molecule has 0 aliphatic rings. The molecule has 0 saturated carbocycles. The highest BCUT2D eigenvalue weighted by molar-refractivity contribution is 9.10. The maximum atomic E-state index is 12.1. The van der Waals surface area contributed by atoms with Crippen molar-refractivity contribution >= 4 is 37.5 Å². The average Bonchev–Trinajstić information content (AvgIpc) is 2.53. The molecule has 2 aromatic rings. The van der Waals surface area contributed by atoms with Crippen molar-refractivity contribution < 1.29 is 13.2 Å². The smallest absolute Gasteiger partial charge is 0.241 e. The van der Waals surface area contributed by atoms with Gasteiger partial charge in [-0.05, 0) is 36.4 Å². The molecule has 1 N–H and O–H groups in total. The van der Waals surface area contributed by atoms with Gasteiger partial charge in [0.05, 0.1) is 11.4 Å². The van der Waals surface area contributed by atoms with Crippen LogP contribution in [0.5, 0.6) is 0 Å². The van der Waals surface area contributed by atoms with Crippen molar-refractivity contribution in [1.29, 1.82) is 0 Å². The van der Waals surface area contributed by atoms with E-state index in [9.17, 15) is 13.2 Å². The van der Waals surface area contributed by atoms with E-state index in [1.54, 1.807) is 31.3 Å². The molecule has 0 radical (unpaired) electrons. The van der Waals surface area contributed by atoms with Gasteiger partial charge in [0.15, 0.2) is 0 Å². The number of carbonyl (C=O) groups is 1. The zero-order chi connectivity index (χ0) is 16.2. The molecular weight excluding hydrogens is 368 g/mol. The molecule has 0 atom stereocenters. The Kier molecular flexibility index (Phi) is 5.33. The zero-order valence-corrected chi connectivity index (χ0v) is 14.3. The molecular formula is C15H15BrN2O3S. The monoisotopic (exact) mass is 382 g/mol.